The Bertz CT molecular complexity index is 507. The van der Waals surface area contributed by atoms with Crippen molar-refractivity contribution in [2.75, 3.05) is 32.2 Å². The lowest BCUT2D eigenvalue weighted by atomic mass is 10.0. The summed E-state index contributed by atoms with van der Waals surface area (Å²) in [6, 6.07) is 6.46. The zero-order valence-electron chi connectivity index (χ0n) is 12.8. The average Bonchev–Trinajstić information content (AvgIpc) is 2.85. The van der Waals surface area contributed by atoms with Gasteiger partial charge in [0.25, 0.3) is 0 Å². The van der Waals surface area contributed by atoms with E-state index in [2.05, 4.69) is 42.6 Å². The van der Waals surface area contributed by atoms with Crippen LogP contribution in [0.15, 0.2) is 18.2 Å². The summed E-state index contributed by atoms with van der Waals surface area (Å²) in [7, 11) is 0. The van der Waals surface area contributed by atoms with E-state index in [0.717, 1.165) is 30.3 Å². The number of hydrogen-bond acceptors (Lipinski definition) is 5. The van der Waals surface area contributed by atoms with Crippen LogP contribution in [0.5, 0.6) is 11.5 Å². The van der Waals surface area contributed by atoms with Gasteiger partial charge in [0, 0.05) is 36.2 Å². The van der Waals surface area contributed by atoms with Crippen LogP contribution in [0.3, 0.4) is 0 Å². The highest BCUT2D eigenvalue weighted by Gasteiger charge is 2.28. The second-order valence-corrected chi connectivity index (χ2v) is 8.06. The molecular formula is C16H24N2O2S. The van der Waals surface area contributed by atoms with Crippen LogP contribution in [0, 0.1) is 0 Å². The molecule has 5 heteroatoms. The van der Waals surface area contributed by atoms with Crippen molar-refractivity contribution in [3.63, 3.8) is 0 Å². The van der Waals surface area contributed by atoms with E-state index in [1.807, 2.05) is 6.07 Å². The Morgan fingerprint density at radius 2 is 2.10 bits per heavy atom. The van der Waals surface area contributed by atoms with Gasteiger partial charge in [-0.05, 0) is 24.1 Å². The van der Waals surface area contributed by atoms with Gasteiger partial charge in [0.05, 0.1) is 0 Å². The topological polar surface area (TPSA) is 47.7 Å². The number of nitrogens with zero attached hydrogens (tertiary/aromatic N) is 1. The first-order valence-electron chi connectivity index (χ1n) is 7.57. The van der Waals surface area contributed by atoms with Gasteiger partial charge in [0.15, 0.2) is 11.5 Å². The lowest BCUT2D eigenvalue weighted by Gasteiger charge is -2.30. The summed E-state index contributed by atoms with van der Waals surface area (Å²) in [6.45, 7) is 7.80. The maximum atomic E-state index is 6.08. The monoisotopic (exact) mass is 308 g/mol. The SMILES string of the molecule is CC1(C)CCN(C(CN)c2ccc3c(c2)OCO3)CCS1. The van der Waals surface area contributed by atoms with Crippen LogP contribution in [-0.4, -0.2) is 41.8 Å². The summed E-state index contributed by atoms with van der Waals surface area (Å²) < 4.78 is 11.2. The molecule has 116 valence electrons. The first-order valence-corrected chi connectivity index (χ1v) is 8.55. The highest BCUT2D eigenvalue weighted by molar-refractivity contribution is 8.00. The van der Waals surface area contributed by atoms with Gasteiger partial charge in [-0.2, -0.15) is 11.8 Å². The number of nitrogens with two attached hydrogens (primary N) is 1. The number of thioether (sulfide) groups is 1. The molecule has 2 N–H and O–H groups in total. The number of rotatable bonds is 3. The van der Waals surface area contributed by atoms with Gasteiger partial charge in [-0.15, -0.1) is 0 Å². The molecule has 0 aliphatic carbocycles. The third-order valence-electron chi connectivity index (χ3n) is 4.32. The average molecular weight is 308 g/mol. The normalized spacial score (nSPS) is 22.8. The van der Waals surface area contributed by atoms with E-state index in [-0.39, 0.29) is 6.04 Å². The quantitative estimate of drug-likeness (QED) is 0.930. The van der Waals surface area contributed by atoms with E-state index in [1.165, 1.54) is 12.0 Å². The maximum Gasteiger partial charge on any atom is 0.231 e. The molecule has 1 saturated heterocycles. The Balaban J connectivity index is 1.78. The molecule has 1 aromatic rings. The van der Waals surface area contributed by atoms with Gasteiger partial charge < -0.3 is 15.2 Å². The van der Waals surface area contributed by atoms with Crippen molar-refractivity contribution in [2.24, 2.45) is 5.73 Å². The van der Waals surface area contributed by atoms with E-state index in [1.54, 1.807) is 0 Å². The standard InChI is InChI=1S/C16H24N2O2S/c1-16(2)5-6-18(7-8-21-16)13(10-17)12-3-4-14-15(9-12)20-11-19-14/h3-4,9,13H,5-8,10-11,17H2,1-2H3. The van der Waals surface area contributed by atoms with Crippen molar-refractivity contribution in [1.29, 1.82) is 0 Å². The Kier molecular flexibility index (Phi) is 4.33. The third-order valence-corrected chi connectivity index (χ3v) is 5.69. The minimum Gasteiger partial charge on any atom is -0.454 e. The van der Waals surface area contributed by atoms with Gasteiger partial charge in [-0.3, -0.25) is 4.90 Å². The van der Waals surface area contributed by atoms with Crippen molar-refractivity contribution in [3.8, 4) is 11.5 Å². The van der Waals surface area contributed by atoms with Crippen molar-refractivity contribution in [1.82, 2.24) is 4.90 Å². The van der Waals surface area contributed by atoms with E-state index < -0.39 is 0 Å². The maximum absolute atomic E-state index is 6.08. The zero-order valence-corrected chi connectivity index (χ0v) is 13.6. The second kappa shape index (κ2) is 6.07. The van der Waals surface area contributed by atoms with Gasteiger partial charge >= 0.3 is 0 Å². The second-order valence-electron chi connectivity index (χ2n) is 6.26. The molecule has 1 atom stereocenters. The first kappa shape index (κ1) is 15.0. The predicted octanol–water partition coefficient (Wildman–Crippen LogP) is 2.63. The van der Waals surface area contributed by atoms with Crippen molar-refractivity contribution >= 4 is 11.8 Å². The van der Waals surface area contributed by atoms with Gasteiger partial charge in [-0.25, -0.2) is 0 Å². The van der Waals surface area contributed by atoms with Crippen LogP contribution >= 0.6 is 11.8 Å². The minimum absolute atomic E-state index is 0.258. The Morgan fingerprint density at radius 1 is 1.29 bits per heavy atom. The number of fused-ring (bicyclic) bond motifs is 1. The van der Waals surface area contributed by atoms with Crippen LogP contribution in [0.2, 0.25) is 0 Å². The third kappa shape index (κ3) is 3.30. The molecular weight excluding hydrogens is 284 g/mol. The molecule has 1 unspecified atom stereocenters. The lowest BCUT2D eigenvalue weighted by Crippen LogP contribution is -2.35. The van der Waals surface area contributed by atoms with Gasteiger partial charge in [0.1, 0.15) is 0 Å². The summed E-state index contributed by atoms with van der Waals surface area (Å²) in [5.74, 6) is 2.84. The van der Waals surface area contributed by atoms with E-state index >= 15 is 0 Å². The van der Waals surface area contributed by atoms with Gasteiger partial charge in [-0.1, -0.05) is 19.9 Å². The Morgan fingerprint density at radius 3 is 2.90 bits per heavy atom. The number of hydrogen-bond donors (Lipinski definition) is 1. The molecule has 2 aliphatic heterocycles. The van der Waals surface area contributed by atoms with Crippen LogP contribution in [-0.2, 0) is 0 Å². The summed E-state index contributed by atoms with van der Waals surface area (Å²) >= 11 is 2.06. The Hall–Kier alpha value is -0.910. The van der Waals surface area contributed by atoms with E-state index in [9.17, 15) is 0 Å². The van der Waals surface area contributed by atoms with Crippen LogP contribution in [0.25, 0.3) is 0 Å². The van der Waals surface area contributed by atoms with Crippen LogP contribution in [0.4, 0.5) is 0 Å². The molecule has 1 aromatic carbocycles. The van der Waals surface area contributed by atoms with Crippen LogP contribution in [0.1, 0.15) is 31.9 Å². The molecule has 2 aliphatic rings. The van der Waals surface area contributed by atoms with Gasteiger partial charge in [0.2, 0.25) is 6.79 Å². The molecule has 1 fully saturated rings. The highest BCUT2D eigenvalue weighted by Crippen LogP contribution is 2.37. The number of ether oxygens (including phenoxy) is 2. The van der Waals surface area contributed by atoms with Crippen molar-refractivity contribution < 1.29 is 9.47 Å². The Labute approximate surface area is 131 Å². The molecule has 0 spiro atoms. The van der Waals surface area contributed by atoms with E-state index in [0.29, 0.717) is 18.1 Å². The molecule has 3 rings (SSSR count). The lowest BCUT2D eigenvalue weighted by molar-refractivity contribution is 0.173. The van der Waals surface area contributed by atoms with E-state index in [4.69, 9.17) is 15.2 Å². The molecule has 2 heterocycles. The molecule has 21 heavy (non-hydrogen) atoms. The fraction of sp³-hybridized carbons (Fsp3) is 0.625. The molecule has 0 amide bonds. The molecule has 0 bridgehead atoms. The summed E-state index contributed by atoms with van der Waals surface area (Å²) in [5, 5.41) is 0. The fourth-order valence-electron chi connectivity index (χ4n) is 2.96. The largest absolute Gasteiger partial charge is 0.454 e. The highest BCUT2D eigenvalue weighted by atomic mass is 32.2. The smallest absolute Gasteiger partial charge is 0.231 e. The molecule has 0 radical (unpaired) electrons. The fourth-order valence-corrected chi connectivity index (χ4v) is 4.08. The summed E-state index contributed by atoms with van der Waals surface area (Å²) in [4.78, 5) is 2.51. The zero-order chi connectivity index (χ0) is 14.9. The molecule has 0 saturated carbocycles. The summed E-state index contributed by atoms with van der Waals surface area (Å²) in [5.41, 5.74) is 7.31. The first-order chi connectivity index (χ1) is 10.1. The molecule has 0 aromatic heterocycles. The number of benzene rings is 1. The molecule has 4 nitrogen and oxygen atoms in total. The summed E-state index contributed by atoms with van der Waals surface area (Å²) in [6.07, 6.45) is 1.19. The van der Waals surface area contributed by atoms with Crippen molar-refractivity contribution in [2.45, 2.75) is 31.1 Å². The van der Waals surface area contributed by atoms with Crippen molar-refractivity contribution in [3.05, 3.63) is 23.8 Å². The van der Waals surface area contributed by atoms with Crippen LogP contribution < -0.4 is 15.2 Å². The minimum atomic E-state index is 0.258. The predicted molar refractivity (Wildman–Crippen MR) is 87.1 cm³/mol.